The molecule has 372 valence electrons. The average molecular weight is 889 g/mol. The third kappa shape index (κ3) is 45.5. The van der Waals surface area contributed by atoms with Gasteiger partial charge in [0.25, 0.3) is 0 Å². The number of nitrogens with one attached hydrogen (secondary N) is 1. The van der Waals surface area contributed by atoms with Crippen LogP contribution in [0.4, 0.5) is 0 Å². The molecule has 0 aromatic rings. The van der Waals surface area contributed by atoms with Gasteiger partial charge in [-0.1, -0.05) is 249 Å². The van der Waals surface area contributed by atoms with Crippen molar-refractivity contribution in [2.45, 2.75) is 314 Å². The fourth-order valence-corrected chi connectivity index (χ4v) is 8.65. The second-order valence-corrected chi connectivity index (χ2v) is 19.3. The minimum absolute atomic E-state index is 0.362. The smallest absolute Gasteiger partial charge is 0.249 e. The number of hydrogen-bond acceptors (Lipinski definition) is 5. The monoisotopic (exact) mass is 888 g/mol. The average Bonchev–Trinajstić information content (AvgIpc) is 3.29. The first-order valence-electron chi connectivity index (χ1n) is 27.9. The number of carbonyl (C=O) groups excluding carboxylic acids is 1. The van der Waals surface area contributed by atoms with E-state index in [2.05, 4.69) is 55.6 Å². The number of carbonyl (C=O) groups is 1. The van der Waals surface area contributed by atoms with Crippen LogP contribution in [-0.4, -0.2) is 57.3 Å². The van der Waals surface area contributed by atoms with E-state index >= 15 is 0 Å². The quantitative estimate of drug-likeness (QED) is 0.0309. The highest BCUT2D eigenvalue weighted by Gasteiger charge is 2.28. The molecule has 4 unspecified atom stereocenters. The predicted octanol–water partition coefficient (Wildman–Crippen LogP) is 16.0. The summed E-state index contributed by atoms with van der Waals surface area (Å²) in [6.07, 6.45) is 63.7. The lowest BCUT2D eigenvalue weighted by atomic mass is 10.00. The molecule has 0 bridgehead atoms. The molecule has 0 heterocycles. The molecule has 0 aromatic carbocycles. The third-order valence-electron chi connectivity index (χ3n) is 13.1. The summed E-state index contributed by atoms with van der Waals surface area (Å²) in [4.78, 5) is 12.6. The minimum atomic E-state index is -1.29. The Balaban J connectivity index is 3.60. The van der Waals surface area contributed by atoms with E-state index in [0.717, 1.165) is 38.5 Å². The fourth-order valence-electron chi connectivity index (χ4n) is 8.65. The largest absolute Gasteiger partial charge is 0.394 e. The van der Waals surface area contributed by atoms with Gasteiger partial charge < -0.3 is 25.7 Å². The topological polar surface area (TPSA) is 110 Å². The predicted molar refractivity (Wildman–Crippen MR) is 274 cm³/mol. The highest BCUT2D eigenvalue weighted by Crippen LogP contribution is 2.17. The second-order valence-electron chi connectivity index (χ2n) is 19.3. The summed E-state index contributed by atoms with van der Waals surface area (Å²) < 4.78 is 0. The van der Waals surface area contributed by atoms with Gasteiger partial charge in [-0.05, 0) is 77.0 Å². The molecule has 0 aromatic heterocycles. The van der Waals surface area contributed by atoms with Gasteiger partial charge in [0.05, 0.1) is 18.8 Å². The maximum atomic E-state index is 12.6. The van der Waals surface area contributed by atoms with Crippen molar-refractivity contribution in [3.63, 3.8) is 0 Å². The van der Waals surface area contributed by atoms with Crippen molar-refractivity contribution in [1.29, 1.82) is 0 Å². The Bertz CT molecular complexity index is 997. The van der Waals surface area contributed by atoms with Crippen LogP contribution in [0.15, 0.2) is 36.5 Å². The maximum Gasteiger partial charge on any atom is 0.249 e. The second kappa shape index (κ2) is 51.5. The van der Waals surface area contributed by atoms with Crippen molar-refractivity contribution in [1.82, 2.24) is 5.32 Å². The molecule has 0 spiro atoms. The minimum Gasteiger partial charge on any atom is -0.394 e. The number of aliphatic hydroxyl groups is 4. The first-order valence-corrected chi connectivity index (χ1v) is 27.9. The summed E-state index contributed by atoms with van der Waals surface area (Å²) in [5.41, 5.74) is 0. The van der Waals surface area contributed by atoms with Crippen LogP contribution >= 0.6 is 0 Å². The summed E-state index contributed by atoms with van der Waals surface area (Å²) in [7, 11) is 0. The van der Waals surface area contributed by atoms with Crippen LogP contribution in [0.2, 0.25) is 0 Å². The molecule has 0 rings (SSSR count). The number of aliphatic hydroxyl groups excluding tert-OH is 4. The molecule has 4 atom stereocenters. The van der Waals surface area contributed by atoms with Gasteiger partial charge in [-0.2, -0.15) is 0 Å². The molecule has 6 heteroatoms. The fraction of sp³-hybridized carbons (Fsp3) is 0.877. The van der Waals surface area contributed by atoms with Crippen LogP contribution in [0.25, 0.3) is 0 Å². The van der Waals surface area contributed by atoms with Gasteiger partial charge in [-0.15, -0.1) is 0 Å². The number of allylic oxidation sites excluding steroid dienone is 6. The van der Waals surface area contributed by atoms with Crippen molar-refractivity contribution in [3.05, 3.63) is 36.5 Å². The summed E-state index contributed by atoms with van der Waals surface area (Å²) >= 11 is 0. The molecule has 0 radical (unpaired) electrons. The molecule has 63 heavy (non-hydrogen) atoms. The first kappa shape index (κ1) is 61.5. The van der Waals surface area contributed by atoms with Gasteiger partial charge in [0.2, 0.25) is 5.91 Å². The van der Waals surface area contributed by atoms with E-state index in [9.17, 15) is 25.2 Å². The molecule has 5 N–H and O–H groups in total. The lowest BCUT2D eigenvalue weighted by Gasteiger charge is -2.27. The third-order valence-corrected chi connectivity index (χ3v) is 13.1. The molecule has 0 aliphatic carbocycles. The van der Waals surface area contributed by atoms with Crippen LogP contribution in [0.1, 0.15) is 290 Å². The van der Waals surface area contributed by atoms with Gasteiger partial charge in [0, 0.05) is 0 Å². The molecule has 6 nitrogen and oxygen atoms in total. The summed E-state index contributed by atoms with van der Waals surface area (Å²) in [6.45, 7) is 4.05. The van der Waals surface area contributed by atoms with Crippen LogP contribution in [0.3, 0.4) is 0 Å². The number of unbranched alkanes of at least 4 members (excludes halogenated alkanes) is 36. The van der Waals surface area contributed by atoms with Gasteiger partial charge in [-0.25, -0.2) is 0 Å². The van der Waals surface area contributed by atoms with E-state index in [4.69, 9.17) is 0 Å². The molecule has 0 saturated heterocycles. The zero-order valence-electron chi connectivity index (χ0n) is 42.1. The summed E-state index contributed by atoms with van der Waals surface area (Å²) in [5.74, 6) is -0.595. The van der Waals surface area contributed by atoms with Crippen LogP contribution in [0, 0.1) is 0 Å². The van der Waals surface area contributed by atoms with Gasteiger partial charge in [0.15, 0.2) is 0 Å². The summed E-state index contributed by atoms with van der Waals surface area (Å²) in [6, 6.07) is -1.01. The first-order chi connectivity index (χ1) is 31.0. The van der Waals surface area contributed by atoms with E-state index in [0.29, 0.717) is 19.3 Å². The van der Waals surface area contributed by atoms with Crippen molar-refractivity contribution in [3.8, 4) is 0 Å². The Hall–Kier alpha value is -1.47. The zero-order valence-corrected chi connectivity index (χ0v) is 42.1. The molecular formula is C57H109NO5. The van der Waals surface area contributed by atoms with E-state index in [-0.39, 0.29) is 0 Å². The molecule has 1 amide bonds. The highest BCUT2D eigenvalue weighted by atomic mass is 16.3. The van der Waals surface area contributed by atoms with E-state index in [1.165, 1.54) is 218 Å². The molecule has 0 aliphatic rings. The van der Waals surface area contributed by atoms with Crippen molar-refractivity contribution < 1.29 is 25.2 Å². The Morgan fingerprint density at radius 3 is 1.00 bits per heavy atom. The molecule has 0 aliphatic heterocycles. The van der Waals surface area contributed by atoms with E-state index in [1.54, 1.807) is 0 Å². The Morgan fingerprint density at radius 1 is 0.381 bits per heavy atom. The molecular weight excluding hydrogens is 779 g/mol. The lowest BCUT2D eigenvalue weighted by molar-refractivity contribution is -0.132. The van der Waals surface area contributed by atoms with Crippen molar-refractivity contribution >= 4 is 5.91 Å². The normalized spacial score (nSPS) is 14.1. The molecule has 0 saturated carbocycles. The number of rotatable bonds is 51. The highest BCUT2D eigenvalue weighted by molar-refractivity contribution is 5.80. The lowest BCUT2D eigenvalue weighted by Crippen LogP contribution is -2.53. The van der Waals surface area contributed by atoms with Crippen LogP contribution in [0.5, 0.6) is 0 Å². The Labute approximate surface area is 392 Å². The molecule has 0 fully saturated rings. The van der Waals surface area contributed by atoms with Gasteiger partial charge >= 0.3 is 0 Å². The van der Waals surface area contributed by atoms with E-state index < -0.39 is 36.9 Å². The van der Waals surface area contributed by atoms with Crippen molar-refractivity contribution in [2.75, 3.05) is 6.61 Å². The number of hydrogen-bond donors (Lipinski definition) is 5. The van der Waals surface area contributed by atoms with Crippen molar-refractivity contribution in [2.24, 2.45) is 0 Å². The zero-order chi connectivity index (χ0) is 45.9. The number of amides is 1. The van der Waals surface area contributed by atoms with E-state index in [1.807, 2.05) is 0 Å². The van der Waals surface area contributed by atoms with Gasteiger partial charge in [0.1, 0.15) is 12.2 Å². The SMILES string of the molecule is CCCCCCCC/C=C/CC/C=C/CCCC(O)C(O)C(CO)NC(=O)C(O)CCCCCCCCCCCCCCCCCC/C=C\CCCCCCCCCCCCCC. The maximum absolute atomic E-state index is 12.6. The van der Waals surface area contributed by atoms with Crippen LogP contribution < -0.4 is 5.32 Å². The Kier molecular flexibility index (Phi) is 50.3. The standard InChI is InChI=1S/C57H109NO5/c1-3-5-7-9-11-13-15-17-19-20-21-22-23-24-25-26-27-28-29-30-31-32-33-34-35-37-39-41-43-45-47-49-51-55(61)57(63)58-53(52-59)56(62)54(60)50-48-46-44-42-40-38-36-18-16-14-12-10-8-6-4-2/h18,24-25,36,42,44,53-56,59-62H,3-17,19-23,26-35,37-41,43,45-52H2,1-2H3,(H,58,63)/b25-24-,36-18+,44-42+. The van der Waals surface area contributed by atoms with Gasteiger partial charge in [-0.3, -0.25) is 4.79 Å². The Morgan fingerprint density at radius 2 is 0.667 bits per heavy atom. The summed E-state index contributed by atoms with van der Waals surface area (Å²) in [5, 5.41) is 43.8. The van der Waals surface area contributed by atoms with Crippen LogP contribution in [-0.2, 0) is 4.79 Å².